The van der Waals surface area contributed by atoms with Crippen molar-refractivity contribution in [2.24, 2.45) is 10.9 Å². The summed E-state index contributed by atoms with van der Waals surface area (Å²) in [6.45, 7) is 0. The highest BCUT2D eigenvalue weighted by molar-refractivity contribution is 5.87. The van der Waals surface area contributed by atoms with Gasteiger partial charge in [-0.15, -0.1) is 0 Å². The first-order valence-electron chi connectivity index (χ1n) is 4.27. The van der Waals surface area contributed by atoms with E-state index < -0.39 is 29.5 Å². The molecule has 9 heteroatoms. The first kappa shape index (κ1) is 13.3. The van der Waals surface area contributed by atoms with Crippen LogP contribution in [0.5, 0.6) is 0 Å². The van der Waals surface area contributed by atoms with Gasteiger partial charge in [0.1, 0.15) is 6.04 Å². The van der Waals surface area contributed by atoms with Crippen molar-refractivity contribution in [2.75, 3.05) is 0 Å². The maximum absolute atomic E-state index is 12.9. The van der Waals surface area contributed by atoms with Crippen LogP contribution in [0.1, 0.15) is 0 Å². The Labute approximate surface area is 92.3 Å². The van der Waals surface area contributed by atoms with Gasteiger partial charge in [0.15, 0.2) is 5.84 Å². The van der Waals surface area contributed by atoms with Crippen molar-refractivity contribution in [1.29, 1.82) is 0 Å². The Kier molecular flexibility index (Phi) is 3.30. The van der Waals surface area contributed by atoms with E-state index in [1.807, 2.05) is 0 Å². The summed E-state index contributed by atoms with van der Waals surface area (Å²) in [5, 5.41) is 13.2. The molecular formula is C8H8F5N3O. The molecule has 0 aliphatic carbocycles. The Bertz CT molecular complexity index is 385. The van der Waals surface area contributed by atoms with E-state index in [-0.39, 0.29) is 0 Å². The Morgan fingerprint density at radius 3 is 2.41 bits per heavy atom. The van der Waals surface area contributed by atoms with Crippen LogP contribution in [0.15, 0.2) is 29.1 Å². The zero-order valence-corrected chi connectivity index (χ0v) is 8.17. The van der Waals surface area contributed by atoms with Crippen LogP contribution in [0.25, 0.3) is 0 Å². The molecule has 0 saturated carbocycles. The van der Waals surface area contributed by atoms with Gasteiger partial charge in [-0.25, -0.2) is 0 Å². The average Bonchev–Trinajstić information content (AvgIpc) is 2.26. The third-order valence-electron chi connectivity index (χ3n) is 2.04. The van der Waals surface area contributed by atoms with Crippen LogP contribution in [0.3, 0.4) is 0 Å². The third kappa shape index (κ3) is 2.48. The number of amidine groups is 1. The van der Waals surface area contributed by atoms with Gasteiger partial charge in [-0.05, 0) is 18.4 Å². The van der Waals surface area contributed by atoms with E-state index in [4.69, 9.17) is 10.9 Å². The minimum atomic E-state index is -5.70. The SMILES string of the molecule is N/C(=N/O)C1C=C(C(F)(F)C(F)(F)F)C=CN1. The van der Waals surface area contributed by atoms with E-state index in [1.165, 1.54) is 0 Å². The number of alkyl halides is 5. The molecule has 0 saturated heterocycles. The number of halogens is 5. The molecule has 1 heterocycles. The van der Waals surface area contributed by atoms with E-state index in [9.17, 15) is 22.0 Å². The lowest BCUT2D eigenvalue weighted by Crippen LogP contribution is -2.43. The summed E-state index contributed by atoms with van der Waals surface area (Å²) >= 11 is 0. The van der Waals surface area contributed by atoms with Crippen LogP contribution >= 0.6 is 0 Å². The fraction of sp³-hybridized carbons (Fsp3) is 0.375. The summed E-state index contributed by atoms with van der Waals surface area (Å²) < 4.78 is 62.1. The number of nitrogens with two attached hydrogens (primary N) is 1. The lowest BCUT2D eigenvalue weighted by atomic mass is 10.0. The molecule has 4 N–H and O–H groups in total. The Morgan fingerprint density at radius 1 is 1.35 bits per heavy atom. The zero-order chi connectivity index (χ0) is 13.3. The highest BCUT2D eigenvalue weighted by atomic mass is 19.4. The topological polar surface area (TPSA) is 70.6 Å². The molecule has 1 aliphatic rings. The molecule has 4 nitrogen and oxygen atoms in total. The van der Waals surface area contributed by atoms with E-state index in [0.29, 0.717) is 12.2 Å². The number of allylic oxidation sites excluding steroid dienone is 2. The zero-order valence-electron chi connectivity index (χ0n) is 8.17. The molecule has 0 radical (unpaired) electrons. The maximum atomic E-state index is 12.9. The molecule has 1 atom stereocenters. The van der Waals surface area contributed by atoms with Crippen LogP contribution in [0.4, 0.5) is 22.0 Å². The first-order chi connectivity index (χ1) is 7.70. The second kappa shape index (κ2) is 4.22. The molecule has 0 aromatic heterocycles. The molecule has 0 amide bonds. The number of hydrogen-bond donors (Lipinski definition) is 3. The van der Waals surface area contributed by atoms with Gasteiger partial charge >= 0.3 is 12.1 Å². The number of nitrogens with one attached hydrogen (secondary N) is 1. The number of hydrogen-bond acceptors (Lipinski definition) is 3. The predicted molar refractivity (Wildman–Crippen MR) is 48.6 cm³/mol. The third-order valence-corrected chi connectivity index (χ3v) is 2.04. The van der Waals surface area contributed by atoms with Crippen molar-refractivity contribution in [2.45, 2.75) is 18.1 Å². The Morgan fingerprint density at radius 2 is 1.94 bits per heavy atom. The maximum Gasteiger partial charge on any atom is 0.458 e. The van der Waals surface area contributed by atoms with Crippen molar-refractivity contribution in [3.63, 3.8) is 0 Å². The van der Waals surface area contributed by atoms with Crippen LogP contribution < -0.4 is 11.1 Å². The largest absolute Gasteiger partial charge is 0.458 e. The van der Waals surface area contributed by atoms with E-state index in [0.717, 1.165) is 6.20 Å². The van der Waals surface area contributed by atoms with Crippen molar-refractivity contribution in [3.8, 4) is 0 Å². The molecule has 17 heavy (non-hydrogen) atoms. The molecule has 0 bridgehead atoms. The summed E-state index contributed by atoms with van der Waals surface area (Å²) in [4.78, 5) is 0. The lowest BCUT2D eigenvalue weighted by Gasteiger charge is -2.25. The normalized spacial score (nSPS) is 22.1. The highest BCUT2D eigenvalue weighted by Gasteiger charge is 2.59. The number of oxime groups is 1. The monoisotopic (exact) mass is 257 g/mol. The van der Waals surface area contributed by atoms with E-state index >= 15 is 0 Å². The van der Waals surface area contributed by atoms with Crippen molar-refractivity contribution >= 4 is 5.84 Å². The highest BCUT2D eigenvalue weighted by Crippen LogP contribution is 2.42. The fourth-order valence-electron chi connectivity index (χ4n) is 1.13. The molecule has 0 aromatic carbocycles. The van der Waals surface area contributed by atoms with Gasteiger partial charge in [0.05, 0.1) is 0 Å². The van der Waals surface area contributed by atoms with Gasteiger partial charge < -0.3 is 16.3 Å². The summed E-state index contributed by atoms with van der Waals surface area (Å²) in [6.07, 6.45) is -3.70. The van der Waals surface area contributed by atoms with Crippen molar-refractivity contribution in [1.82, 2.24) is 5.32 Å². The first-order valence-corrected chi connectivity index (χ1v) is 4.27. The van der Waals surface area contributed by atoms with Crippen molar-refractivity contribution < 1.29 is 27.2 Å². The standard InChI is InChI=1S/C8H8F5N3O/c9-7(10,8(11,12)13)4-1-2-15-5(3-4)6(14)16-17/h1-3,5,15,17H,(H2,14,16). The average molecular weight is 257 g/mol. The van der Waals surface area contributed by atoms with Gasteiger partial charge in [0.25, 0.3) is 0 Å². The van der Waals surface area contributed by atoms with Gasteiger partial charge in [-0.2, -0.15) is 22.0 Å². The second-order valence-corrected chi connectivity index (χ2v) is 3.20. The summed E-state index contributed by atoms with van der Waals surface area (Å²) in [5.41, 5.74) is 3.83. The summed E-state index contributed by atoms with van der Waals surface area (Å²) in [5.74, 6) is -5.51. The molecular weight excluding hydrogens is 249 g/mol. The van der Waals surface area contributed by atoms with Crippen LogP contribution in [0.2, 0.25) is 0 Å². The molecule has 0 spiro atoms. The van der Waals surface area contributed by atoms with Crippen molar-refractivity contribution in [3.05, 3.63) is 23.9 Å². The van der Waals surface area contributed by atoms with Gasteiger partial charge in [-0.3, -0.25) is 0 Å². The molecule has 0 fully saturated rings. The smallest absolute Gasteiger partial charge is 0.409 e. The fourth-order valence-corrected chi connectivity index (χ4v) is 1.13. The number of dihydropyridines is 1. The molecule has 1 rings (SSSR count). The quantitative estimate of drug-likeness (QED) is 0.230. The summed E-state index contributed by atoms with van der Waals surface area (Å²) in [6, 6.07) is -1.21. The molecule has 1 aliphatic heterocycles. The minimum Gasteiger partial charge on any atom is -0.409 e. The van der Waals surface area contributed by atoms with Gasteiger partial charge in [0, 0.05) is 5.57 Å². The Hall–Kier alpha value is -1.80. The van der Waals surface area contributed by atoms with Crippen LogP contribution in [-0.2, 0) is 0 Å². The van der Waals surface area contributed by atoms with E-state index in [1.54, 1.807) is 0 Å². The second-order valence-electron chi connectivity index (χ2n) is 3.20. The number of rotatable bonds is 2. The minimum absolute atomic E-state index is 0.523. The Balaban J connectivity index is 3.06. The summed E-state index contributed by atoms with van der Waals surface area (Å²) in [7, 11) is 0. The lowest BCUT2D eigenvalue weighted by molar-refractivity contribution is -0.263. The number of nitrogens with zero attached hydrogens (tertiary/aromatic N) is 1. The van der Waals surface area contributed by atoms with Crippen LogP contribution in [-0.4, -0.2) is 29.2 Å². The molecule has 0 aromatic rings. The van der Waals surface area contributed by atoms with Gasteiger partial charge in [0.2, 0.25) is 0 Å². The molecule has 1 unspecified atom stereocenters. The van der Waals surface area contributed by atoms with E-state index in [2.05, 4.69) is 10.5 Å². The predicted octanol–water partition coefficient (Wildman–Crippen LogP) is 1.34. The molecule has 96 valence electrons. The van der Waals surface area contributed by atoms with Crippen LogP contribution in [0, 0.1) is 0 Å². The van der Waals surface area contributed by atoms with Gasteiger partial charge in [-0.1, -0.05) is 5.16 Å².